The third-order valence-corrected chi connectivity index (χ3v) is 13.3. The number of carbonyl (C=O) groups is 1. The molecule has 0 saturated heterocycles. The highest BCUT2D eigenvalue weighted by molar-refractivity contribution is 7.91. The van der Waals surface area contributed by atoms with Gasteiger partial charge in [0, 0.05) is 43.6 Å². The van der Waals surface area contributed by atoms with Crippen LogP contribution in [0.2, 0.25) is 0 Å². The highest BCUT2D eigenvalue weighted by Gasteiger charge is 2.33. The van der Waals surface area contributed by atoms with Gasteiger partial charge in [0.25, 0.3) is 40.5 Å². The van der Waals surface area contributed by atoms with Crippen LogP contribution in [0.3, 0.4) is 0 Å². The fraction of sp³-hybridized carbons (Fsp3) is 0. The monoisotopic (exact) mass is 941 g/mol. The highest BCUT2D eigenvalue weighted by Crippen LogP contribution is 2.39. The van der Waals surface area contributed by atoms with Gasteiger partial charge in [0.05, 0.1) is 33.3 Å². The molecule has 7 aromatic carbocycles. The predicted molar refractivity (Wildman–Crippen MR) is 235 cm³/mol. The number of azo groups is 2. The second kappa shape index (κ2) is 15.9. The van der Waals surface area contributed by atoms with E-state index < -0.39 is 71.6 Å². The van der Waals surface area contributed by atoms with Crippen LogP contribution in [-0.2, 0) is 40.5 Å². The number of nitrogens with one attached hydrogen (secondary N) is 1. The lowest BCUT2D eigenvalue weighted by Crippen LogP contribution is -2.27. The Hall–Kier alpha value is -7.16. The standard InChI is InChI=1S/C40H27N7O13S4/c41-22-8-10-25-21(16-22)17-38(64(58,59)60)39(40(25)48)47-46-35-15-14-34(28-11-9-24(20-30(28)35)61(49,50)51)45-44-33-13-12-32(26-4-1-2-5-27(26)33)43-42-23-18-31-29(37(19-23)63(55,56)57)6-3-7-36(31)62(52,53)54/h1-20,46H,41H2,(H,49,50,51)(H,52,53,54)(H,55,56,57)(H,58,59,60)/b43-42?,45-44?,47-39-. The van der Waals surface area contributed by atoms with Crippen molar-refractivity contribution in [3.05, 3.63) is 131 Å². The molecule has 0 aromatic heterocycles. The van der Waals surface area contributed by atoms with Crippen molar-refractivity contribution in [2.75, 3.05) is 11.2 Å². The van der Waals surface area contributed by atoms with E-state index in [4.69, 9.17) is 5.73 Å². The van der Waals surface area contributed by atoms with Crippen molar-refractivity contribution in [3.63, 3.8) is 0 Å². The average molecular weight is 942 g/mol. The van der Waals surface area contributed by atoms with Gasteiger partial charge in [-0.3, -0.25) is 28.4 Å². The maximum Gasteiger partial charge on any atom is 0.296 e. The minimum atomic E-state index is -5.01. The zero-order valence-electron chi connectivity index (χ0n) is 32.0. The quantitative estimate of drug-likeness (QED) is 0.0326. The van der Waals surface area contributed by atoms with Crippen LogP contribution in [0.25, 0.3) is 38.4 Å². The van der Waals surface area contributed by atoms with Crippen LogP contribution >= 0.6 is 0 Å². The number of Topliss-reactive ketones (excluding diaryl/α,β-unsaturated/α-hetero) is 1. The average Bonchev–Trinajstić information content (AvgIpc) is 3.22. The highest BCUT2D eigenvalue weighted by atomic mass is 32.2. The second-order valence-electron chi connectivity index (χ2n) is 13.8. The van der Waals surface area contributed by atoms with E-state index in [-0.39, 0.29) is 61.1 Å². The Balaban J connectivity index is 1.17. The van der Waals surface area contributed by atoms with E-state index in [0.29, 0.717) is 16.5 Å². The second-order valence-corrected chi connectivity index (χ2v) is 19.4. The van der Waals surface area contributed by atoms with Crippen molar-refractivity contribution in [1.29, 1.82) is 0 Å². The first-order chi connectivity index (χ1) is 30.1. The summed E-state index contributed by atoms with van der Waals surface area (Å²) in [6.07, 6.45) is 1.03. The number of ketones is 1. The molecule has 20 nitrogen and oxygen atoms in total. The van der Waals surface area contributed by atoms with Gasteiger partial charge in [-0.1, -0.05) is 42.5 Å². The number of anilines is 2. The number of nitrogens with two attached hydrogens (primary N) is 1. The molecule has 0 unspecified atom stereocenters. The molecule has 1 aliphatic rings. The molecular weight excluding hydrogens is 915 g/mol. The van der Waals surface area contributed by atoms with Gasteiger partial charge in [-0.2, -0.15) is 43.9 Å². The summed E-state index contributed by atoms with van der Waals surface area (Å²) >= 11 is 0. The van der Waals surface area contributed by atoms with Gasteiger partial charge in [-0.15, -0.1) is 15.3 Å². The molecule has 8 rings (SSSR count). The molecule has 7 N–H and O–H groups in total. The van der Waals surface area contributed by atoms with Crippen molar-refractivity contribution >= 4 is 124 Å². The fourth-order valence-corrected chi connectivity index (χ4v) is 9.49. The zero-order chi connectivity index (χ0) is 45.9. The summed E-state index contributed by atoms with van der Waals surface area (Å²) in [4.78, 5) is 10.8. The third-order valence-electron chi connectivity index (χ3n) is 9.76. The number of rotatable bonds is 10. The number of benzene rings is 7. The predicted octanol–water partition coefficient (Wildman–Crippen LogP) is 8.19. The van der Waals surface area contributed by atoms with Crippen LogP contribution in [-0.4, -0.2) is 63.4 Å². The molecule has 0 aliphatic heterocycles. The van der Waals surface area contributed by atoms with Crippen LogP contribution in [0.4, 0.5) is 34.1 Å². The SMILES string of the molecule is Nc1ccc2c(c1)C=C(S(=O)(=O)O)/C(=N/Nc1ccc(N=Nc3ccc(N=Nc4cc(S(=O)(=O)O)c5cccc(S(=O)(=O)O)c5c4)c4ccccc34)c3ccc(S(=O)(=O)O)cc13)C2=O. The Morgan fingerprint density at radius 2 is 1.09 bits per heavy atom. The van der Waals surface area contributed by atoms with Crippen molar-refractivity contribution < 1.29 is 56.7 Å². The molecule has 0 saturated carbocycles. The number of fused-ring (bicyclic) bond motifs is 4. The number of carbonyl (C=O) groups excluding carboxylic acids is 1. The topological polar surface area (TPSA) is 334 Å². The van der Waals surface area contributed by atoms with E-state index in [9.17, 15) is 56.7 Å². The van der Waals surface area contributed by atoms with Crippen LogP contribution in [0, 0.1) is 0 Å². The molecule has 324 valence electrons. The summed E-state index contributed by atoms with van der Waals surface area (Å²) in [6.45, 7) is 0. The van der Waals surface area contributed by atoms with E-state index in [2.05, 4.69) is 31.0 Å². The van der Waals surface area contributed by atoms with Crippen LogP contribution < -0.4 is 11.2 Å². The summed E-state index contributed by atoms with van der Waals surface area (Å²) in [7, 11) is -19.5. The first-order valence-electron chi connectivity index (χ1n) is 18.0. The van der Waals surface area contributed by atoms with E-state index >= 15 is 0 Å². The largest absolute Gasteiger partial charge is 0.399 e. The van der Waals surface area contributed by atoms with Crippen LogP contribution in [0.5, 0.6) is 0 Å². The molecule has 1 aliphatic carbocycles. The number of hydrogen-bond donors (Lipinski definition) is 6. The first kappa shape index (κ1) is 43.5. The minimum absolute atomic E-state index is 0.0158. The molecular formula is C40H27N7O13S4. The number of allylic oxidation sites excluding steroid dienone is 1. The molecule has 64 heavy (non-hydrogen) atoms. The third kappa shape index (κ3) is 8.49. The zero-order valence-corrected chi connectivity index (χ0v) is 35.2. The van der Waals surface area contributed by atoms with Crippen molar-refractivity contribution in [3.8, 4) is 0 Å². The van der Waals surface area contributed by atoms with Gasteiger partial charge in [0.1, 0.15) is 14.7 Å². The summed E-state index contributed by atoms with van der Waals surface area (Å²) in [6, 6.07) is 25.9. The molecule has 0 atom stereocenters. The molecule has 0 fully saturated rings. The number of nitrogen functional groups attached to an aromatic ring is 1. The number of hydrazone groups is 1. The lowest BCUT2D eigenvalue weighted by Gasteiger charge is -2.17. The molecule has 0 amide bonds. The van der Waals surface area contributed by atoms with Gasteiger partial charge in [0.2, 0.25) is 5.78 Å². The lowest BCUT2D eigenvalue weighted by molar-refractivity contribution is 0.106. The van der Waals surface area contributed by atoms with Gasteiger partial charge in [0.15, 0.2) is 5.71 Å². The molecule has 7 aromatic rings. The minimum Gasteiger partial charge on any atom is -0.399 e. The van der Waals surface area contributed by atoms with Crippen molar-refractivity contribution in [2.45, 2.75) is 14.7 Å². The van der Waals surface area contributed by atoms with Crippen LogP contribution in [0.1, 0.15) is 15.9 Å². The van der Waals surface area contributed by atoms with Gasteiger partial charge < -0.3 is 5.73 Å². The smallest absolute Gasteiger partial charge is 0.296 e. The van der Waals surface area contributed by atoms with Gasteiger partial charge in [-0.05, 0) is 84.4 Å². The summed E-state index contributed by atoms with van der Waals surface area (Å²) < 4.78 is 138. The Labute approximate surface area is 362 Å². The van der Waals surface area contributed by atoms with E-state index in [1.807, 2.05) is 0 Å². The Bertz CT molecular complexity index is 3800. The first-order valence-corrected chi connectivity index (χ1v) is 23.7. The molecule has 0 bridgehead atoms. The van der Waals surface area contributed by atoms with E-state index in [0.717, 1.165) is 30.3 Å². The lowest BCUT2D eigenvalue weighted by atomic mass is 9.94. The summed E-state index contributed by atoms with van der Waals surface area (Å²) in [5, 5.41) is 22.0. The maximum absolute atomic E-state index is 13.4. The molecule has 0 heterocycles. The normalized spacial score (nSPS) is 14.5. The number of hydrogen-bond acceptors (Lipinski definition) is 16. The Morgan fingerprint density at radius 1 is 0.500 bits per heavy atom. The van der Waals surface area contributed by atoms with E-state index in [1.54, 1.807) is 24.3 Å². The Kier molecular flexibility index (Phi) is 10.8. The molecule has 24 heteroatoms. The fourth-order valence-electron chi connectivity index (χ4n) is 6.90. The maximum atomic E-state index is 13.4. The van der Waals surface area contributed by atoms with E-state index in [1.165, 1.54) is 66.7 Å². The van der Waals surface area contributed by atoms with Gasteiger partial charge in [-0.25, -0.2) is 0 Å². The van der Waals surface area contributed by atoms with Crippen molar-refractivity contribution in [1.82, 2.24) is 0 Å². The molecule has 0 radical (unpaired) electrons. The number of nitrogens with zero attached hydrogens (tertiary/aromatic N) is 5. The summed E-state index contributed by atoms with van der Waals surface area (Å²) in [5.74, 6) is -0.875. The summed E-state index contributed by atoms with van der Waals surface area (Å²) in [5.41, 5.74) is 8.59. The van der Waals surface area contributed by atoms with Crippen molar-refractivity contribution in [2.24, 2.45) is 25.6 Å². The van der Waals surface area contributed by atoms with Crippen LogP contribution in [0.15, 0.2) is 160 Å². The Morgan fingerprint density at radius 3 is 1.70 bits per heavy atom. The molecule has 0 spiro atoms. The van der Waals surface area contributed by atoms with Gasteiger partial charge >= 0.3 is 0 Å².